The number of rotatable bonds is 0. The molecule has 10 heteroatoms. The van der Waals surface area contributed by atoms with Crippen molar-refractivity contribution in [2.24, 2.45) is 0 Å². The van der Waals surface area contributed by atoms with Crippen LogP contribution in [-0.2, 0) is 30.4 Å². The third-order valence-corrected chi connectivity index (χ3v) is 1.55. The molecule has 1 fully saturated rings. The van der Waals surface area contributed by atoms with E-state index >= 15 is 0 Å². The minimum Gasteiger partial charge on any atom is -0.0762 e. The quantitative estimate of drug-likeness (QED) is 0.247. The van der Waals surface area contributed by atoms with Gasteiger partial charge in [0.1, 0.15) is 0 Å². The molecule has 5 radical (unpaired) electrons. The smallest absolute Gasteiger partial charge is 0.0762 e. The van der Waals surface area contributed by atoms with Crippen LogP contribution in [-0.4, -0.2) is 7.25 Å². The van der Waals surface area contributed by atoms with E-state index in [-0.39, 0.29) is 21.1 Å². The predicted octanol–water partition coefficient (Wildman–Crippen LogP) is 4.17. The van der Waals surface area contributed by atoms with E-state index in [0.29, 0.717) is 0 Å². The van der Waals surface area contributed by atoms with Crippen molar-refractivity contribution in [2.75, 3.05) is 0 Å². The third kappa shape index (κ3) is 39.3. The van der Waals surface area contributed by atoms with Crippen molar-refractivity contribution in [3.63, 3.8) is 0 Å². The van der Waals surface area contributed by atoms with Crippen LogP contribution >= 0.6 is 0 Å². The number of halogens is 4. The van der Waals surface area contributed by atoms with Gasteiger partial charge in [-0.15, -0.1) is 0 Å². The van der Waals surface area contributed by atoms with Gasteiger partial charge in [-0.05, 0) is 19.3 Å². The predicted molar refractivity (Wildman–Crippen MR) is 78.3 cm³/mol. The summed E-state index contributed by atoms with van der Waals surface area (Å²) >= 11 is 0. The summed E-state index contributed by atoms with van der Waals surface area (Å²) in [5.74, 6) is 2.66. The first-order chi connectivity index (χ1) is 11.3. The standard InChI is InChI=1S/C9H7.2C2H3N.2CO.BF4.Mo/c1-2-5-9-7-3-6-8(9)4-1;2*1-2-3;2*1-2;2-1(3,4)5;/h1-7H;2*1H3;;;;/q;;;;;-1;+2. The maximum absolute atomic E-state index is 9.75. The van der Waals surface area contributed by atoms with E-state index in [2.05, 4.69) is 56.9 Å². The molecule has 0 unspecified atom stereocenters. The van der Waals surface area contributed by atoms with Crippen molar-refractivity contribution < 1.29 is 47.6 Å². The van der Waals surface area contributed by atoms with Gasteiger partial charge in [0.25, 0.3) is 0 Å². The van der Waals surface area contributed by atoms with E-state index in [1.807, 2.05) is 0 Å². The molecular weight excluding hydrogens is 423 g/mol. The summed E-state index contributed by atoms with van der Waals surface area (Å²) in [5.41, 5.74) is 0. The van der Waals surface area contributed by atoms with Crippen LogP contribution in [0.2, 0.25) is 0 Å². The van der Waals surface area contributed by atoms with Crippen LogP contribution in [0.1, 0.15) is 13.8 Å². The van der Waals surface area contributed by atoms with Crippen molar-refractivity contribution in [3.8, 4) is 12.1 Å². The van der Waals surface area contributed by atoms with Gasteiger partial charge in [-0.25, -0.2) is 0 Å². The molecule has 0 bridgehead atoms. The summed E-state index contributed by atoms with van der Waals surface area (Å²) < 4.78 is 54.0. The van der Waals surface area contributed by atoms with Gasteiger partial charge in [0.05, 0.1) is 12.1 Å². The zero-order valence-corrected chi connectivity index (χ0v) is 15.3. The van der Waals surface area contributed by atoms with Crippen molar-refractivity contribution in [2.45, 2.75) is 13.8 Å². The largest absolute Gasteiger partial charge is 2.00 e. The van der Waals surface area contributed by atoms with Gasteiger partial charge < -0.3 is 17.3 Å². The van der Waals surface area contributed by atoms with Crippen LogP contribution in [0.3, 0.4) is 0 Å². The zero-order chi connectivity index (χ0) is 20.0. The van der Waals surface area contributed by atoms with Gasteiger partial charge in [-0.1, -0.05) is 24.3 Å². The summed E-state index contributed by atoms with van der Waals surface area (Å²) in [6.45, 7) is 11.9. The van der Waals surface area contributed by atoms with E-state index < -0.39 is 7.25 Å². The van der Waals surface area contributed by atoms with E-state index in [1.165, 1.54) is 25.7 Å². The zero-order valence-electron chi connectivity index (χ0n) is 13.2. The molecule has 2 aliphatic carbocycles. The van der Waals surface area contributed by atoms with Crippen LogP contribution < -0.4 is 0 Å². The van der Waals surface area contributed by atoms with Gasteiger partial charge in [0.2, 0.25) is 0 Å². The van der Waals surface area contributed by atoms with Crippen LogP contribution in [0.15, 0.2) is 24.3 Å². The maximum atomic E-state index is 9.75. The molecule has 4 nitrogen and oxygen atoms in total. The first-order valence-electron chi connectivity index (χ1n) is 5.80. The summed E-state index contributed by atoms with van der Waals surface area (Å²) in [7, 11) is -6.00. The molecule has 0 spiro atoms. The molecule has 0 aromatic rings. The first-order valence-corrected chi connectivity index (χ1v) is 5.80. The molecule has 0 N–H and O–H groups in total. The van der Waals surface area contributed by atoms with Gasteiger partial charge >= 0.3 is 50.9 Å². The molecule has 0 amide bonds. The Bertz CT molecular complexity index is 424. The van der Waals surface area contributed by atoms with Crippen molar-refractivity contribution >= 4 is 7.25 Å². The monoisotopic (exact) mass is 438 g/mol. The van der Waals surface area contributed by atoms with Crippen molar-refractivity contribution in [1.82, 2.24) is 0 Å². The molecule has 0 aromatic heterocycles. The van der Waals surface area contributed by atoms with Gasteiger partial charge in [0.15, 0.2) is 0 Å². The minimum absolute atomic E-state index is 0. The van der Waals surface area contributed by atoms with Crippen LogP contribution in [0, 0.1) is 67.1 Å². The van der Waals surface area contributed by atoms with E-state index in [9.17, 15) is 17.3 Å². The molecule has 25 heavy (non-hydrogen) atoms. The summed E-state index contributed by atoms with van der Waals surface area (Å²) in [5, 5.41) is 14.6. The Morgan fingerprint density at radius 1 is 0.840 bits per heavy atom. The number of allylic oxidation sites excluding steroid dienone is 4. The average molecular weight is 436 g/mol. The number of hydrogen-bond donors (Lipinski definition) is 0. The molecule has 2 rings (SSSR count). The van der Waals surface area contributed by atoms with Crippen LogP contribution in [0.4, 0.5) is 17.3 Å². The molecule has 0 aromatic carbocycles. The van der Waals surface area contributed by atoms with E-state index in [4.69, 9.17) is 19.8 Å². The Morgan fingerprint density at radius 2 is 1.04 bits per heavy atom. The Labute approximate surface area is 160 Å². The minimum atomic E-state index is -6.00. The Morgan fingerprint density at radius 3 is 1.24 bits per heavy atom. The second kappa shape index (κ2) is 27.3. The molecule has 1 saturated carbocycles. The number of nitrogens with zero attached hydrogens (tertiary/aromatic N) is 2. The van der Waals surface area contributed by atoms with Crippen molar-refractivity contribution in [3.05, 3.63) is 68.7 Å². The molecule has 131 valence electrons. The summed E-state index contributed by atoms with van der Waals surface area (Å²) in [4.78, 5) is 0. The van der Waals surface area contributed by atoms with Crippen LogP contribution in [0.25, 0.3) is 0 Å². The van der Waals surface area contributed by atoms with Gasteiger partial charge in [-0.2, -0.15) is 10.5 Å². The molecule has 2 aliphatic rings. The Hall–Kier alpha value is -1.59. The molecule has 0 saturated heterocycles. The average Bonchev–Trinajstić information content (AvgIpc) is 3.00. The van der Waals surface area contributed by atoms with E-state index in [0.717, 1.165) is 0 Å². The molecular formula is C15H13BF4MoN2O2+. The third-order valence-electron chi connectivity index (χ3n) is 1.55. The molecule has 0 heterocycles. The number of hydrogen-bond acceptors (Lipinski definition) is 2. The Balaban J connectivity index is -0.0000000729. The number of fused-ring (bicyclic) bond motifs is 1. The Kier molecular flexibility index (Phi) is 37.8. The van der Waals surface area contributed by atoms with E-state index in [1.54, 1.807) is 12.1 Å². The summed E-state index contributed by atoms with van der Waals surface area (Å²) in [6.07, 6.45) is 14.7. The SMILES string of the molecule is CC#N.CC#N.F[B-](F)(F)F.[C-]#[O+].[C-]#[O+].[CH]1[CH][C]2C=CC=C[C]2[CH]1.[Mo+2]. The number of nitriles is 2. The fourth-order valence-electron chi connectivity index (χ4n) is 1.07. The summed E-state index contributed by atoms with van der Waals surface area (Å²) in [6, 6.07) is 3.50. The van der Waals surface area contributed by atoms with Crippen molar-refractivity contribution in [1.29, 1.82) is 10.5 Å². The van der Waals surface area contributed by atoms with Gasteiger partial charge in [-0.3, -0.25) is 0 Å². The first kappa shape index (κ1) is 34.7. The van der Waals surface area contributed by atoms with Gasteiger partial charge in [0, 0.05) is 25.7 Å². The fraction of sp³-hybridized carbons (Fsp3) is 0.133. The van der Waals surface area contributed by atoms with Crippen LogP contribution in [0.5, 0.6) is 0 Å². The second-order valence-electron chi connectivity index (χ2n) is 3.10. The fourth-order valence-corrected chi connectivity index (χ4v) is 1.07. The molecule has 0 atom stereocenters. The second-order valence-corrected chi connectivity index (χ2v) is 3.10. The normalized spacial score (nSPS) is 13.0. The topological polar surface area (TPSA) is 87.4 Å². The maximum Gasteiger partial charge on any atom is 2.00 e. The molecule has 0 aliphatic heterocycles.